The third-order valence-electron chi connectivity index (χ3n) is 7.13. The lowest BCUT2D eigenvalue weighted by Crippen LogP contribution is -2.69. The molecule has 3 fully saturated rings. The van der Waals surface area contributed by atoms with Gasteiger partial charge in [0.2, 0.25) is 11.8 Å². The zero-order chi connectivity index (χ0) is 21.4. The van der Waals surface area contributed by atoms with Gasteiger partial charge in [-0.25, -0.2) is 0 Å². The summed E-state index contributed by atoms with van der Waals surface area (Å²) >= 11 is 1.59. The number of amides is 2. The zero-order valence-electron chi connectivity index (χ0n) is 18.1. The molecule has 4 aliphatic rings. The first-order valence-corrected chi connectivity index (χ1v) is 12.6. The van der Waals surface area contributed by atoms with Gasteiger partial charge in [-0.05, 0) is 49.2 Å². The molecule has 166 valence electrons. The monoisotopic (exact) mass is 440 g/mol. The minimum Gasteiger partial charge on any atom is -0.353 e. The van der Waals surface area contributed by atoms with Crippen molar-refractivity contribution in [3.05, 3.63) is 40.8 Å². The molecule has 0 bridgehead atoms. The van der Waals surface area contributed by atoms with Crippen LogP contribution in [0.25, 0.3) is 5.57 Å². The molecule has 4 atom stereocenters. The van der Waals surface area contributed by atoms with Crippen molar-refractivity contribution in [2.45, 2.75) is 69.1 Å². The first-order valence-electron chi connectivity index (χ1n) is 11.6. The van der Waals surface area contributed by atoms with Gasteiger partial charge < -0.3 is 10.6 Å². The number of piperidine rings is 1. The summed E-state index contributed by atoms with van der Waals surface area (Å²) in [5.41, 5.74) is 3.58. The Balaban J connectivity index is 1.26. The molecule has 3 N–H and O–H groups in total. The molecule has 0 aromatic heterocycles. The second-order valence-corrected chi connectivity index (χ2v) is 10.4. The summed E-state index contributed by atoms with van der Waals surface area (Å²) in [5, 5.41) is 12.1. The van der Waals surface area contributed by atoms with Crippen LogP contribution in [0.4, 0.5) is 0 Å². The van der Waals surface area contributed by atoms with Crippen molar-refractivity contribution < 1.29 is 9.59 Å². The number of aryl methyl sites for hydroxylation is 1. The number of carbonyl (C=O) groups excluding carboxylic acids is 2. The molecule has 2 saturated heterocycles. The quantitative estimate of drug-likeness (QED) is 0.671. The molecule has 1 saturated carbocycles. The van der Waals surface area contributed by atoms with Crippen molar-refractivity contribution in [1.29, 1.82) is 0 Å². The van der Waals surface area contributed by atoms with Crippen LogP contribution in [-0.4, -0.2) is 53.4 Å². The fraction of sp³-hybridized carbons (Fsp3) is 0.583. The van der Waals surface area contributed by atoms with Crippen molar-refractivity contribution in [3.63, 3.8) is 0 Å². The van der Waals surface area contributed by atoms with Crippen LogP contribution < -0.4 is 16.0 Å². The predicted octanol–water partition coefficient (Wildman–Crippen LogP) is 2.59. The lowest BCUT2D eigenvalue weighted by Gasteiger charge is -2.43. The maximum absolute atomic E-state index is 12.9. The number of likely N-dealkylation sites (tertiary alicyclic amines) is 1. The summed E-state index contributed by atoms with van der Waals surface area (Å²) in [6.45, 7) is 3.66. The van der Waals surface area contributed by atoms with Gasteiger partial charge in [0.25, 0.3) is 0 Å². The molecule has 6 nitrogen and oxygen atoms in total. The average Bonchev–Trinajstić information content (AvgIpc) is 3.44. The van der Waals surface area contributed by atoms with Gasteiger partial charge in [0.15, 0.2) is 0 Å². The van der Waals surface area contributed by atoms with E-state index in [1.54, 1.807) is 11.8 Å². The third kappa shape index (κ3) is 4.41. The molecule has 0 spiro atoms. The summed E-state index contributed by atoms with van der Waals surface area (Å²) in [5.74, 6) is 0.263. The summed E-state index contributed by atoms with van der Waals surface area (Å²) in [4.78, 5) is 28.0. The van der Waals surface area contributed by atoms with Crippen LogP contribution in [0.15, 0.2) is 29.7 Å². The summed E-state index contributed by atoms with van der Waals surface area (Å²) in [7, 11) is 0. The van der Waals surface area contributed by atoms with E-state index in [1.165, 1.54) is 29.5 Å². The van der Waals surface area contributed by atoms with Crippen LogP contribution in [0.1, 0.15) is 49.7 Å². The van der Waals surface area contributed by atoms with E-state index in [9.17, 15) is 9.59 Å². The first-order chi connectivity index (χ1) is 15.1. The third-order valence-corrected chi connectivity index (χ3v) is 8.30. The molecule has 4 unspecified atom stereocenters. The highest BCUT2D eigenvalue weighted by molar-refractivity contribution is 8.04. The average molecular weight is 441 g/mol. The normalized spacial score (nSPS) is 31.8. The minimum atomic E-state index is -0.233. The topological polar surface area (TPSA) is 73.5 Å². The maximum atomic E-state index is 12.9. The number of carbonyl (C=O) groups is 2. The Morgan fingerprint density at radius 3 is 2.68 bits per heavy atom. The fourth-order valence-electron chi connectivity index (χ4n) is 5.31. The van der Waals surface area contributed by atoms with Crippen molar-refractivity contribution >= 4 is 29.1 Å². The molecule has 3 heterocycles. The molecule has 7 heteroatoms. The SMILES string of the molecule is Cc1ccc(C2=CSC3C(=O)NC(N4CCCC(C(=O)NC5CCCC5)C4)NC23)cc1. The first kappa shape index (κ1) is 21.0. The fourth-order valence-corrected chi connectivity index (χ4v) is 6.46. The van der Waals surface area contributed by atoms with Gasteiger partial charge in [-0.1, -0.05) is 42.7 Å². The zero-order valence-corrected chi connectivity index (χ0v) is 18.9. The highest BCUT2D eigenvalue weighted by Gasteiger charge is 2.44. The largest absolute Gasteiger partial charge is 0.353 e. The number of benzene rings is 1. The number of rotatable bonds is 4. The van der Waals surface area contributed by atoms with E-state index >= 15 is 0 Å². The molecule has 31 heavy (non-hydrogen) atoms. The molecular formula is C24H32N4O2S. The lowest BCUT2D eigenvalue weighted by atomic mass is 9.94. The van der Waals surface area contributed by atoms with Gasteiger partial charge in [0.05, 0.1) is 12.0 Å². The van der Waals surface area contributed by atoms with Crippen molar-refractivity contribution in [2.75, 3.05) is 13.1 Å². The Kier molecular flexibility index (Phi) is 6.08. The van der Waals surface area contributed by atoms with E-state index in [0.717, 1.165) is 32.2 Å². The van der Waals surface area contributed by atoms with Crippen LogP contribution in [0, 0.1) is 12.8 Å². The molecule has 5 rings (SSSR count). The molecule has 2 amide bonds. The lowest BCUT2D eigenvalue weighted by molar-refractivity contribution is -0.129. The highest BCUT2D eigenvalue weighted by Crippen LogP contribution is 2.38. The summed E-state index contributed by atoms with van der Waals surface area (Å²) in [6, 6.07) is 8.85. The Morgan fingerprint density at radius 1 is 1.13 bits per heavy atom. The molecule has 1 aliphatic carbocycles. The van der Waals surface area contributed by atoms with E-state index in [-0.39, 0.29) is 35.3 Å². The van der Waals surface area contributed by atoms with Crippen LogP contribution in [0.5, 0.6) is 0 Å². The Hall–Kier alpha value is -1.83. The van der Waals surface area contributed by atoms with Crippen LogP contribution >= 0.6 is 11.8 Å². The van der Waals surface area contributed by atoms with E-state index in [0.29, 0.717) is 12.6 Å². The number of hydrogen-bond acceptors (Lipinski definition) is 5. The number of hydrogen-bond donors (Lipinski definition) is 3. The number of fused-ring (bicyclic) bond motifs is 1. The van der Waals surface area contributed by atoms with Gasteiger partial charge >= 0.3 is 0 Å². The van der Waals surface area contributed by atoms with Crippen LogP contribution in [-0.2, 0) is 9.59 Å². The van der Waals surface area contributed by atoms with Gasteiger partial charge in [-0.3, -0.25) is 19.8 Å². The van der Waals surface area contributed by atoms with Gasteiger partial charge in [-0.2, -0.15) is 0 Å². The Morgan fingerprint density at radius 2 is 1.90 bits per heavy atom. The molecule has 3 aliphatic heterocycles. The summed E-state index contributed by atoms with van der Waals surface area (Å²) < 4.78 is 0. The van der Waals surface area contributed by atoms with Crippen LogP contribution in [0.2, 0.25) is 0 Å². The number of nitrogens with one attached hydrogen (secondary N) is 3. The molecular weight excluding hydrogens is 408 g/mol. The van der Waals surface area contributed by atoms with Crippen molar-refractivity contribution in [3.8, 4) is 0 Å². The Labute approximate surface area is 188 Å². The standard InChI is InChI=1S/C24H32N4O2S/c1-15-8-10-16(11-9-15)19-14-31-21-20(19)26-24(27-23(21)30)28-12-4-5-17(13-28)22(29)25-18-6-2-3-7-18/h8-11,14,17-18,20-21,24,26H,2-7,12-13H2,1H3,(H,25,29)(H,27,30). The summed E-state index contributed by atoms with van der Waals surface area (Å²) in [6.07, 6.45) is 6.32. The number of thioether (sulfide) groups is 1. The van der Waals surface area contributed by atoms with E-state index < -0.39 is 0 Å². The van der Waals surface area contributed by atoms with Gasteiger partial charge in [-0.15, -0.1) is 11.8 Å². The highest BCUT2D eigenvalue weighted by atomic mass is 32.2. The van der Waals surface area contributed by atoms with Crippen molar-refractivity contribution in [1.82, 2.24) is 20.9 Å². The predicted molar refractivity (Wildman–Crippen MR) is 124 cm³/mol. The molecule has 0 radical (unpaired) electrons. The van der Waals surface area contributed by atoms with E-state index in [1.807, 2.05) is 0 Å². The maximum Gasteiger partial charge on any atom is 0.237 e. The van der Waals surface area contributed by atoms with Crippen molar-refractivity contribution in [2.24, 2.45) is 5.92 Å². The minimum absolute atomic E-state index is 0.00385. The van der Waals surface area contributed by atoms with E-state index in [4.69, 9.17) is 0 Å². The second kappa shape index (κ2) is 8.96. The Bertz CT molecular complexity index is 865. The molecule has 1 aromatic carbocycles. The van der Waals surface area contributed by atoms with Gasteiger partial charge in [0.1, 0.15) is 11.5 Å². The molecule has 1 aromatic rings. The smallest absolute Gasteiger partial charge is 0.237 e. The van der Waals surface area contributed by atoms with E-state index in [2.05, 4.69) is 57.4 Å². The second-order valence-electron chi connectivity index (χ2n) is 9.38. The van der Waals surface area contributed by atoms with Crippen LogP contribution in [0.3, 0.4) is 0 Å². The van der Waals surface area contributed by atoms with Gasteiger partial charge in [0, 0.05) is 19.1 Å². The number of nitrogens with zero attached hydrogens (tertiary/aromatic N) is 1.